The molecule has 1 aliphatic rings. The fourth-order valence-electron chi connectivity index (χ4n) is 2.75. The van der Waals surface area contributed by atoms with Gasteiger partial charge in [0.05, 0.1) is 12.6 Å². The molecular formula is C16H21N3O2. The van der Waals surface area contributed by atoms with Gasteiger partial charge < -0.3 is 5.11 Å². The number of aliphatic hydroxyl groups excluding tert-OH is 1. The monoisotopic (exact) mass is 287 g/mol. The molecule has 0 radical (unpaired) electrons. The van der Waals surface area contributed by atoms with Crippen LogP contribution in [0.4, 0.5) is 5.69 Å². The molecule has 5 heteroatoms. The number of hydrogen-bond donors (Lipinski definition) is 1. The number of nitrogens with zero attached hydrogens (tertiary/aromatic N) is 3. The van der Waals surface area contributed by atoms with E-state index in [4.69, 9.17) is 10.4 Å². The van der Waals surface area contributed by atoms with Crippen LogP contribution in [0.25, 0.3) is 0 Å². The minimum Gasteiger partial charge on any atom is -0.396 e. The van der Waals surface area contributed by atoms with Crippen LogP contribution in [0.5, 0.6) is 0 Å². The highest BCUT2D eigenvalue weighted by atomic mass is 16.3. The molecule has 1 heterocycles. The number of aliphatic hydroxyl groups is 1. The Balaban J connectivity index is 1.96. The third-order valence-electron chi connectivity index (χ3n) is 3.86. The van der Waals surface area contributed by atoms with Gasteiger partial charge in [0, 0.05) is 18.8 Å². The Kier molecular flexibility index (Phi) is 5.73. The first-order chi connectivity index (χ1) is 10.2. The quantitative estimate of drug-likeness (QED) is 0.800. The fraction of sp³-hybridized carbons (Fsp3) is 0.500. The Hall–Kier alpha value is -1.90. The van der Waals surface area contributed by atoms with E-state index in [9.17, 15) is 4.79 Å². The molecule has 0 saturated carbocycles. The number of para-hydroxylation sites is 1. The number of hydrogen-bond acceptors (Lipinski definition) is 4. The number of amides is 1. The largest absolute Gasteiger partial charge is 0.396 e. The van der Waals surface area contributed by atoms with Crippen molar-refractivity contribution in [3.63, 3.8) is 0 Å². The third kappa shape index (κ3) is 4.28. The predicted octanol–water partition coefficient (Wildman–Crippen LogP) is 1.25. The second kappa shape index (κ2) is 7.77. The summed E-state index contributed by atoms with van der Waals surface area (Å²) < 4.78 is 0. The van der Waals surface area contributed by atoms with E-state index in [0.717, 1.165) is 31.6 Å². The van der Waals surface area contributed by atoms with E-state index < -0.39 is 0 Å². The third-order valence-corrected chi connectivity index (χ3v) is 3.86. The zero-order valence-electron chi connectivity index (χ0n) is 12.1. The predicted molar refractivity (Wildman–Crippen MR) is 80.7 cm³/mol. The highest BCUT2D eigenvalue weighted by Gasteiger charge is 2.25. The molecule has 0 aliphatic carbocycles. The average Bonchev–Trinajstić information content (AvgIpc) is 2.93. The normalized spacial score (nSPS) is 18.4. The Morgan fingerprint density at radius 3 is 2.86 bits per heavy atom. The van der Waals surface area contributed by atoms with Crippen LogP contribution in [0, 0.1) is 17.2 Å². The summed E-state index contributed by atoms with van der Waals surface area (Å²) in [6.45, 7) is 2.33. The van der Waals surface area contributed by atoms with Gasteiger partial charge in [-0.05, 0) is 37.4 Å². The van der Waals surface area contributed by atoms with E-state index in [-0.39, 0.29) is 19.1 Å². The first kappa shape index (κ1) is 15.5. The lowest BCUT2D eigenvalue weighted by Gasteiger charge is -2.23. The van der Waals surface area contributed by atoms with Gasteiger partial charge in [-0.25, -0.2) is 0 Å². The zero-order valence-corrected chi connectivity index (χ0v) is 12.1. The minimum absolute atomic E-state index is 0.0487. The minimum atomic E-state index is -0.0487. The Bertz CT molecular complexity index is 498. The van der Waals surface area contributed by atoms with Crippen LogP contribution in [0.2, 0.25) is 0 Å². The smallest absolute Gasteiger partial charge is 0.242 e. The molecule has 112 valence electrons. The van der Waals surface area contributed by atoms with Crippen LogP contribution < -0.4 is 4.90 Å². The van der Waals surface area contributed by atoms with Gasteiger partial charge in [-0.15, -0.1) is 0 Å². The molecule has 1 unspecified atom stereocenters. The molecule has 0 bridgehead atoms. The van der Waals surface area contributed by atoms with Gasteiger partial charge in [0.15, 0.2) is 0 Å². The first-order valence-electron chi connectivity index (χ1n) is 7.30. The molecule has 1 atom stereocenters. The molecule has 5 nitrogen and oxygen atoms in total. The first-order valence-corrected chi connectivity index (χ1v) is 7.30. The Morgan fingerprint density at radius 1 is 1.43 bits per heavy atom. The lowest BCUT2D eigenvalue weighted by atomic mass is 10.1. The number of likely N-dealkylation sites (tertiary alicyclic amines) is 1. The number of nitriles is 1. The summed E-state index contributed by atoms with van der Waals surface area (Å²) in [4.78, 5) is 16.1. The molecule has 1 saturated heterocycles. The van der Waals surface area contributed by atoms with Gasteiger partial charge in [-0.3, -0.25) is 14.6 Å². The molecule has 1 amide bonds. The van der Waals surface area contributed by atoms with E-state index in [1.54, 1.807) is 0 Å². The molecule has 1 N–H and O–H groups in total. The second-order valence-electron chi connectivity index (χ2n) is 5.38. The van der Waals surface area contributed by atoms with Gasteiger partial charge in [0.25, 0.3) is 0 Å². The van der Waals surface area contributed by atoms with Crippen molar-refractivity contribution in [1.82, 2.24) is 4.90 Å². The van der Waals surface area contributed by atoms with E-state index in [1.807, 2.05) is 30.3 Å². The van der Waals surface area contributed by atoms with E-state index >= 15 is 0 Å². The maximum absolute atomic E-state index is 12.4. The van der Waals surface area contributed by atoms with Crippen molar-refractivity contribution in [2.75, 3.05) is 37.7 Å². The highest BCUT2D eigenvalue weighted by Crippen LogP contribution is 2.20. The highest BCUT2D eigenvalue weighted by molar-refractivity contribution is 5.95. The summed E-state index contributed by atoms with van der Waals surface area (Å²) in [5.74, 6) is 0.427. The van der Waals surface area contributed by atoms with Crippen molar-refractivity contribution in [1.29, 1.82) is 5.26 Å². The number of rotatable bonds is 6. The Labute approximate surface area is 125 Å². The molecule has 2 rings (SSSR count). The summed E-state index contributed by atoms with van der Waals surface area (Å²) in [5.41, 5.74) is 0.759. The molecule has 0 aromatic heterocycles. The summed E-state index contributed by atoms with van der Waals surface area (Å²) in [7, 11) is 0. The molecule has 0 spiro atoms. The molecule has 1 aromatic carbocycles. The summed E-state index contributed by atoms with van der Waals surface area (Å²) in [6, 6.07) is 11.3. The van der Waals surface area contributed by atoms with Crippen molar-refractivity contribution in [3.05, 3.63) is 30.3 Å². The van der Waals surface area contributed by atoms with Crippen LogP contribution in [0.15, 0.2) is 30.3 Å². The SMILES string of the molecule is N#CCN(C(=O)CN1CCC(CCO)C1)c1ccccc1. The van der Waals surface area contributed by atoms with Crippen LogP contribution in [0.1, 0.15) is 12.8 Å². The maximum Gasteiger partial charge on any atom is 0.242 e. The van der Waals surface area contributed by atoms with Gasteiger partial charge in [-0.1, -0.05) is 18.2 Å². The van der Waals surface area contributed by atoms with Gasteiger partial charge in [-0.2, -0.15) is 5.26 Å². The van der Waals surface area contributed by atoms with Crippen LogP contribution >= 0.6 is 0 Å². The van der Waals surface area contributed by atoms with Crippen molar-refractivity contribution < 1.29 is 9.90 Å². The molecule has 1 fully saturated rings. The molecule has 1 aromatic rings. The molecule has 1 aliphatic heterocycles. The van der Waals surface area contributed by atoms with Crippen molar-refractivity contribution in [3.8, 4) is 6.07 Å². The maximum atomic E-state index is 12.4. The number of carbonyl (C=O) groups excluding carboxylic acids is 1. The van der Waals surface area contributed by atoms with Crippen LogP contribution in [0.3, 0.4) is 0 Å². The van der Waals surface area contributed by atoms with E-state index in [0.29, 0.717) is 12.5 Å². The lowest BCUT2D eigenvalue weighted by molar-refractivity contribution is -0.119. The topological polar surface area (TPSA) is 67.6 Å². The molecule has 21 heavy (non-hydrogen) atoms. The van der Waals surface area contributed by atoms with E-state index in [2.05, 4.69) is 11.0 Å². The fourth-order valence-corrected chi connectivity index (χ4v) is 2.75. The van der Waals surface area contributed by atoms with Gasteiger partial charge >= 0.3 is 0 Å². The number of anilines is 1. The van der Waals surface area contributed by atoms with Crippen molar-refractivity contribution >= 4 is 11.6 Å². The summed E-state index contributed by atoms with van der Waals surface area (Å²) in [5, 5.41) is 17.9. The van der Waals surface area contributed by atoms with Crippen LogP contribution in [-0.2, 0) is 4.79 Å². The Morgan fingerprint density at radius 2 is 2.19 bits per heavy atom. The summed E-state index contributed by atoms with van der Waals surface area (Å²) >= 11 is 0. The van der Waals surface area contributed by atoms with E-state index in [1.165, 1.54) is 4.90 Å². The average molecular weight is 287 g/mol. The molecular weight excluding hydrogens is 266 g/mol. The van der Waals surface area contributed by atoms with Crippen molar-refractivity contribution in [2.45, 2.75) is 12.8 Å². The number of benzene rings is 1. The summed E-state index contributed by atoms with van der Waals surface area (Å²) in [6.07, 6.45) is 1.82. The number of carbonyl (C=O) groups is 1. The van der Waals surface area contributed by atoms with Crippen LogP contribution in [-0.4, -0.2) is 48.7 Å². The van der Waals surface area contributed by atoms with Gasteiger partial charge in [0.2, 0.25) is 5.91 Å². The zero-order chi connectivity index (χ0) is 15.1. The standard InChI is InChI=1S/C16H21N3O2/c17-8-10-19(15-4-2-1-3-5-15)16(21)13-18-9-6-14(12-18)7-11-20/h1-5,14,20H,6-7,9-13H2. The van der Waals surface area contributed by atoms with Crippen molar-refractivity contribution in [2.24, 2.45) is 5.92 Å². The lowest BCUT2D eigenvalue weighted by Crippen LogP contribution is -2.40. The second-order valence-corrected chi connectivity index (χ2v) is 5.38. The van der Waals surface area contributed by atoms with Gasteiger partial charge in [0.1, 0.15) is 6.54 Å².